The van der Waals surface area contributed by atoms with Crippen molar-refractivity contribution in [2.45, 2.75) is 38.3 Å². The Kier molecular flexibility index (Phi) is 4.62. The number of hydrogen-bond acceptors (Lipinski definition) is 5. The van der Waals surface area contributed by atoms with Crippen LogP contribution in [-0.4, -0.2) is 27.7 Å². The summed E-state index contributed by atoms with van der Waals surface area (Å²) in [6.45, 7) is 4.21. The van der Waals surface area contributed by atoms with Crippen LogP contribution in [0.15, 0.2) is 54.7 Å². The summed E-state index contributed by atoms with van der Waals surface area (Å²) in [6, 6.07) is 16.7. The second kappa shape index (κ2) is 7.35. The number of nitrogens with one attached hydrogen (secondary N) is 1. The Bertz CT molecular complexity index is 1160. The van der Waals surface area contributed by atoms with Crippen molar-refractivity contribution >= 4 is 16.8 Å². The number of rotatable bonds is 5. The predicted molar refractivity (Wildman–Crippen MR) is 116 cm³/mol. The summed E-state index contributed by atoms with van der Waals surface area (Å²) >= 11 is 0. The Morgan fingerprint density at radius 3 is 2.55 bits per heavy atom. The molecule has 6 nitrogen and oxygen atoms in total. The molecular formula is C25H24N4O2. The molecule has 3 aromatic rings. The topological polar surface area (TPSA) is 87.9 Å². The maximum atomic E-state index is 12.7. The Morgan fingerprint density at radius 2 is 1.84 bits per heavy atom. The molecule has 1 heterocycles. The van der Waals surface area contributed by atoms with E-state index in [1.54, 1.807) is 30.5 Å². The lowest BCUT2D eigenvalue weighted by Crippen LogP contribution is -2.46. The zero-order chi connectivity index (χ0) is 21.6. The highest BCUT2D eigenvalue weighted by Crippen LogP contribution is 2.62. The highest BCUT2D eigenvalue weighted by atomic mass is 16.5. The third kappa shape index (κ3) is 3.61. The van der Waals surface area contributed by atoms with E-state index in [-0.39, 0.29) is 17.6 Å². The molecule has 31 heavy (non-hydrogen) atoms. The van der Waals surface area contributed by atoms with Crippen molar-refractivity contribution in [1.82, 2.24) is 15.5 Å². The Balaban J connectivity index is 1.21. The number of aromatic nitrogens is 2. The lowest BCUT2D eigenvalue weighted by atomic mass is 9.91. The SMILES string of the molecule is CC(C)(NC(=O)c1ccc(C#N)cc1)C1C2CC(Oc3cnnc4ccccc34)CC21. The van der Waals surface area contributed by atoms with Crippen LogP contribution < -0.4 is 10.1 Å². The molecule has 2 fully saturated rings. The molecule has 2 aliphatic rings. The third-order valence-electron chi connectivity index (χ3n) is 6.75. The van der Waals surface area contributed by atoms with Gasteiger partial charge in [-0.2, -0.15) is 15.5 Å². The van der Waals surface area contributed by atoms with E-state index in [0.717, 1.165) is 29.5 Å². The molecule has 2 aromatic carbocycles. The van der Waals surface area contributed by atoms with Crippen molar-refractivity contribution in [2.24, 2.45) is 17.8 Å². The summed E-state index contributed by atoms with van der Waals surface area (Å²) in [5.41, 5.74) is 1.68. The zero-order valence-corrected chi connectivity index (χ0v) is 17.6. The summed E-state index contributed by atoms with van der Waals surface area (Å²) < 4.78 is 6.31. The Hall–Kier alpha value is -3.46. The maximum Gasteiger partial charge on any atom is 0.251 e. The second-order valence-corrected chi connectivity index (χ2v) is 9.16. The van der Waals surface area contributed by atoms with E-state index in [0.29, 0.717) is 28.9 Å². The molecule has 2 saturated carbocycles. The number of benzene rings is 2. The molecule has 2 aliphatic carbocycles. The van der Waals surface area contributed by atoms with Crippen LogP contribution in [0.25, 0.3) is 10.9 Å². The molecule has 1 N–H and O–H groups in total. The van der Waals surface area contributed by atoms with E-state index in [2.05, 4.69) is 35.4 Å². The van der Waals surface area contributed by atoms with Crippen LogP contribution in [0, 0.1) is 29.1 Å². The van der Waals surface area contributed by atoms with Crippen LogP contribution in [0.3, 0.4) is 0 Å². The summed E-state index contributed by atoms with van der Waals surface area (Å²) in [4.78, 5) is 12.7. The van der Waals surface area contributed by atoms with E-state index >= 15 is 0 Å². The van der Waals surface area contributed by atoms with Crippen molar-refractivity contribution in [2.75, 3.05) is 0 Å². The van der Waals surface area contributed by atoms with Gasteiger partial charge in [-0.25, -0.2) is 0 Å². The van der Waals surface area contributed by atoms with Gasteiger partial charge in [0.05, 0.1) is 29.5 Å². The van der Waals surface area contributed by atoms with Gasteiger partial charge in [0.1, 0.15) is 5.75 Å². The van der Waals surface area contributed by atoms with Gasteiger partial charge in [-0.15, -0.1) is 0 Å². The molecule has 156 valence electrons. The average molecular weight is 412 g/mol. The van der Waals surface area contributed by atoms with Gasteiger partial charge in [-0.1, -0.05) is 12.1 Å². The first kappa shape index (κ1) is 19.5. The van der Waals surface area contributed by atoms with E-state index in [1.807, 2.05) is 24.3 Å². The summed E-state index contributed by atoms with van der Waals surface area (Å²) in [6.07, 6.45) is 3.85. The fraction of sp³-hybridized carbons (Fsp3) is 0.360. The molecule has 2 atom stereocenters. The number of carbonyl (C=O) groups excluding carboxylic acids is 1. The molecule has 1 amide bonds. The maximum absolute atomic E-state index is 12.7. The van der Waals surface area contributed by atoms with Crippen molar-refractivity contribution in [3.63, 3.8) is 0 Å². The van der Waals surface area contributed by atoms with Crippen LogP contribution >= 0.6 is 0 Å². The molecule has 0 radical (unpaired) electrons. The summed E-state index contributed by atoms with van der Waals surface area (Å²) in [5, 5.41) is 21.4. The summed E-state index contributed by atoms with van der Waals surface area (Å²) in [7, 11) is 0. The monoisotopic (exact) mass is 412 g/mol. The molecule has 6 heteroatoms. The number of carbonyl (C=O) groups is 1. The van der Waals surface area contributed by atoms with E-state index in [4.69, 9.17) is 10.00 Å². The molecular weight excluding hydrogens is 388 g/mol. The highest BCUT2D eigenvalue weighted by Gasteiger charge is 2.62. The van der Waals surface area contributed by atoms with E-state index in [1.165, 1.54) is 0 Å². The van der Waals surface area contributed by atoms with E-state index < -0.39 is 0 Å². The van der Waals surface area contributed by atoms with Crippen LogP contribution in [0.2, 0.25) is 0 Å². The highest BCUT2D eigenvalue weighted by molar-refractivity contribution is 5.94. The first-order valence-electron chi connectivity index (χ1n) is 10.7. The van der Waals surface area contributed by atoms with Gasteiger partial charge in [0.25, 0.3) is 5.91 Å². The van der Waals surface area contributed by atoms with Gasteiger partial charge in [-0.3, -0.25) is 4.79 Å². The smallest absolute Gasteiger partial charge is 0.251 e. The van der Waals surface area contributed by atoms with Crippen LogP contribution in [0.4, 0.5) is 0 Å². The summed E-state index contributed by atoms with van der Waals surface area (Å²) in [5.74, 6) is 2.26. The minimum absolute atomic E-state index is 0.0957. The fourth-order valence-corrected chi connectivity index (χ4v) is 5.36. The number of hydrogen-bond donors (Lipinski definition) is 1. The molecule has 0 saturated heterocycles. The van der Waals surface area contributed by atoms with Crippen LogP contribution in [-0.2, 0) is 0 Å². The minimum Gasteiger partial charge on any atom is -0.488 e. The molecule has 5 rings (SSSR count). The first-order valence-corrected chi connectivity index (χ1v) is 10.7. The molecule has 0 spiro atoms. The van der Waals surface area contributed by atoms with Gasteiger partial charge in [0.2, 0.25) is 0 Å². The largest absolute Gasteiger partial charge is 0.488 e. The number of fused-ring (bicyclic) bond motifs is 2. The number of ether oxygens (including phenoxy) is 1. The molecule has 1 aromatic heterocycles. The molecule has 0 bridgehead atoms. The van der Waals surface area contributed by atoms with Crippen molar-refractivity contribution in [1.29, 1.82) is 5.26 Å². The van der Waals surface area contributed by atoms with Crippen LogP contribution in [0.1, 0.15) is 42.6 Å². The van der Waals surface area contributed by atoms with Crippen molar-refractivity contribution < 1.29 is 9.53 Å². The number of amides is 1. The van der Waals surface area contributed by atoms with Crippen LogP contribution in [0.5, 0.6) is 5.75 Å². The quantitative estimate of drug-likeness (QED) is 0.681. The Labute approximate surface area is 181 Å². The number of nitrogens with zero attached hydrogens (tertiary/aromatic N) is 3. The minimum atomic E-state index is -0.295. The van der Waals surface area contributed by atoms with Crippen molar-refractivity contribution in [3.8, 4) is 11.8 Å². The van der Waals surface area contributed by atoms with Gasteiger partial charge in [0, 0.05) is 16.5 Å². The predicted octanol–water partition coefficient (Wildman–Crippen LogP) is 4.11. The van der Waals surface area contributed by atoms with Gasteiger partial charge >= 0.3 is 0 Å². The van der Waals surface area contributed by atoms with Gasteiger partial charge in [-0.05, 0) is 80.8 Å². The Morgan fingerprint density at radius 1 is 1.13 bits per heavy atom. The normalized spacial score (nSPS) is 24.3. The zero-order valence-electron chi connectivity index (χ0n) is 17.6. The molecule has 0 aliphatic heterocycles. The number of nitriles is 1. The van der Waals surface area contributed by atoms with Crippen molar-refractivity contribution in [3.05, 3.63) is 65.9 Å². The third-order valence-corrected chi connectivity index (χ3v) is 6.75. The van der Waals surface area contributed by atoms with E-state index in [9.17, 15) is 4.79 Å². The fourth-order valence-electron chi connectivity index (χ4n) is 5.36. The average Bonchev–Trinajstić information content (AvgIpc) is 3.32. The molecule has 2 unspecified atom stereocenters. The lowest BCUT2D eigenvalue weighted by molar-refractivity contribution is 0.0889. The lowest BCUT2D eigenvalue weighted by Gasteiger charge is -2.30. The van der Waals surface area contributed by atoms with Gasteiger partial charge < -0.3 is 10.1 Å². The first-order chi connectivity index (χ1) is 15.0. The van der Waals surface area contributed by atoms with Gasteiger partial charge in [0.15, 0.2) is 0 Å². The second-order valence-electron chi connectivity index (χ2n) is 9.16. The standard InChI is InChI=1S/C25H24N4O2/c1-25(2,28-24(30)16-9-7-15(13-26)8-10-16)23-19-11-17(12-20(19)23)31-22-14-27-29-21-6-4-3-5-18(21)22/h3-10,14,17,19-20,23H,11-12H2,1-2H3,(H,28,30).